The second kappa shape index (κ2) is 21.2. The zero-order chi connectivity index (χ0) is 58.7. The maximum atomic E-state index is 2.60. The molecule has 17 rings (SSSR count). The molecule has 15 aromatic rings. The van der Waals surface area contributed by atoms with Gasteiger partial charge in [-0.1, -0.05) is 212 Å². The van der Waals surface area contributed by atoms with Crippen LogP contribution in [0, 0.1) is 0 Å². The van der Waals surface area contributed by atoms with Crippen molar-refractivity contribution in [3.63, 3.8) is 0 Å². The van der Waals surface area contributed by atoms with Crippen LogP contribution >= 0.6 is 0 Å². The molecule has 0 atom stereocenters. The lowest BCUT2D eigenvalue weighted by atomic mass is 9.84. The zero-order valence-corrected chi connectivity index (χ0v) is 51.1. The molecule has 430 valence electrons. The summed E-state index contributed by atoms with van der Waals surface area (Å²) in [5, 5.41) is 10.1. The molecule has 4 nitrogen and oxygen atoms in total. The summed E-state index contributed by atoms with van der Waals surface area (Å²) in [5.41, 5.74) is 25.1. The van der Waals surface area contributed by atoms with E-state index in [1.54, 1.807) is 0 Å². The average molecular weight is 1140 g/mol. The first-order chi connectivity index (χ1) is 43.3. The Morgan fingerprint density at radius 2 is 0.693 bits per heavy atom. The molecule has 0 spiro atoms. The number of benzene rings is 11. The van der Waals surface area contributed by atoms with Crippen LogP contribution in [0.3, 0.4) is 0 Å². The third kappa shape index (κ3) is 8.38. The van der Waals surface area contributed by atoms with E-state index in [9.17, 15) is 0 Å². The molecular formula is C84H74N4. The molecule has 4 heterocycles. The van der Waals surface area contributed by atoms with Gasteiger partial charge in [-0.15, -0.1) is 0 Å². The first-order valence-corrected chi connectivity index (χ1v) is 32.9. The summed E-state index contributed by atoms with van der Waals surface area (Å²) >= 11 is 0. The first kappa shape index (κ1) is 52.9. The van der Waals surface area contributed by atoms with E-state index in [4.69, 9.17) is 0 Å². The van der Waals surface area contributed by atoms with Crippen LogP contribution in [0.2, 0.25) is 0 Å². The topological polar surface area (TPSA) is 15.3 Å². The van der Waals surface area contributed by atoms with Crippen LogP contribution in [0.15, 0.2) is 231 Å². The normalized spacial score (nSPS) is 14.7. The van der Waals surface area contributed by atoms with Crippen molar-refractivity contribution in [2.75, 3.05) is 9.80 Å². The molecular weight excluding hydrogens is 1060 g/mol. The van der Waals surface area contributed by atoms with Crippen LogP contribution in [0.5, 0.6) is 0 Å². The summed E-state index contributed by atoms with van der Waals surface area (Å²) in [6.45, 7) is 9.24. The Labute approximate surface area is 516 Å². The number of fused-ring (bicyclic) bond motifs is 12. The quantitative estimate of drug-likeness (QED) is 0.121. The van der Waals surface area contributed by atoms with Gasteiger partial charge in [0.25, 0.3) is 0 Å². The molecule has 0 unspecified atom stereocenters. The maximum Gasteiger partial charge on any atom is 0.0641 e. The highest BCUT2D eigenvalue weighted by Crippen LogP contribution is 2.54. The monoisotopic (exact) mass is 1140 g/mol. The Kier molecular flexibility index (Phi) is 12.7. The molecule has 2 aliphatic rings. The van der Waals surface area contributed by atoms with Gasteiger partial charge in [-0.3, -0.25) is 0 Å². The second-order valence-corrected chi connectivity index (χ2v) is 26.4. The van der Waals surface area contributed by atoms with E-state index in [-0.39, 0.29) is 0 Å². The highest BCUT2D eigenvalue weighted by Gasteiger charge is 2.31. The Bertz CT molecular complexity index is 4770. The van der Waals surface area contributed by atoms with Gasteiger partial charge < -0.3 is 18.6 Å². The van der Waals surface area contributed by atoms with Gasteiger partial charge in [0, 0.05) is 65.6 Å². The lowest BCUT2D eigenvalue weighted by Gasteiger charge is -2.30. The van der Waals surface area contributed by atoms with E-state index >= 15 is 0 Å². The fraction of sp³-hybridized carbons (Fsp3) is 0.214. The molecule has 0 bridgehead atoms. The Morgan fingerprint density at radius 3 is 1.09 bits per heavy atom. The number of hydrogen-bond donors (Lipinski definition) is 0. The van der Waals surface area contributed by atoms with Gasteiger partial charge in [-0.05, 0) is 168 Å². The lowest BCUT2D eigenvalue weighted by molar-refractivity contribution is 0.443. The highest BCUT2D eigenvalue weighted by molar-refractivity contribution is 6.32. The van der Waals surface area contributed by atoms with Crippen molar-refractivity contribution >= 4 is 110 Å². The van der Waals surface area contributed by atoms with E-state index in [0.29, 0.717) is 23.7 Å². The Hall–Kier alpha value is -9.38. The van der Waals surface area contributed by atoms with Crippen molar-refractivity contribution in [2.24, 2.45) is 0 Å². The van der Waals surface area contributed by atoms with E-state index in [0.717, 1.165) is 0 Å². The van der Waals surface area contributed by atoms with Gasteiger partial charge in [-0.2, -0.15) is 0 Å². The van der Waals surface area contributed by atoms with E-state index in [1.165, 1.54) is 219 Å². The summed E-state index contributed by atoms with van der Waals surface area (Å²) in [6, 6.07) is 89.1. The third-order valence-corrected chi connectivity index (χ3v) is 20.7. The second-order valence-electron chi connectivity index (χ2n) is 26.4. The van der Waals surface area contributed by atoms with Crippen molar-refractivity contribution in [3.05, 3.63) is 253 Å². The molecule has 0 aliphatic heterocycles. The minimum absolute atomic E-state index is 0.386. The summed E-state index contributed by atoms with van der Waals surface area (Å²) in [5.74, 6) is 2.02. The molecule has 0 N–H and O–H groups in total. The smallest absolute Gasteiger partial charge is 0.0641 e. The summed E-state index contributed by atoms with van der Waals surface area (Å²) in [7, 11) is 0. The van der Waals surface area contributed by atoms with Crippen molar-refractivity contribution < 1.29 is 0 Å². The maximum absolute atomic E-state index is 2.60. The molecule has 0 saturated heterocycles. The van der Waals surface area contributed by atoms with Gasteiger partial charge in [0.05, 0.1) is 55.8 Å². The van der Waals surface area contributed by atoms with Crippen molar-refractivity contribution in [1.82, 2.24) is 8.80 Å². The predicted molar refractivity (Wildman–Crippen MR) is 376 cm³/mol. The standard InChI is InChI=1S/C84H74N4/c1-53(2)61-37-45-75(69(49-61)59-25-13-7-14-26-59)85(63-39-33-57(34-40-63)55-21-9-5-10-22-55)77-47-43-65-71-51-80-72(52-79(71)87-73-31-19-17-29-67(73)81(77)83(65)87)66-44-48-78(82-68-30-18-20-32-74(68)88(80)84(66)82)86(64-41-35-58(36-42-64)56-23-11-6-12-24-56)76-46-38-62(54(3)4)50-70(76)60-27-15-8-16-28-60/h7-8,13-20,25-56H,5-6,9-12,21-24H2,1-4H3. The fourth-order valence-electron chi connectivity index (χ4n) is 16.2. The van der Waals surface area contributed by atoms with Gasteiger partial charge >= 0.3 is 0 Å². The minimum atomic E-state index is 0.386. The molecule has 11 aromatic carbocycles. The number of hydrogen-bond acceptors (Lipinski definition) is 2. The molecule has 0 amide bonds. The van der Waals surface area contributed by atoms with Gasteiger partial charge in [0.1, 0.15) is 0 Å². The molecule has 2 fully saturated rings. The number of anilines is 6. The highest BCUT2D eigenvalue weighted by atomic mass is 15.2. The number of aromatic nitrogens is 2. The number of rotatable bonds is 12. The molecule has 0 radical (unpaired) electrons. The average Bonchev–Trinajstić information content (AvgIpc) is 1.53. The van der Waals surface area contributed by atoms with Gasteiger partial charge in [-0.25, -0.2) is 0 Å². The first-order valence-electron chi connectivity index (χ1n) is 32.9. The van der Waals surface area contributed by atoms with Crippen LogP contribution in [0.4, 0.5) is 34.1 Å². The van der Waals surface area contributed by atoms with Crippen LogP contribution < -0.4 is 9.80 Å². The zero-order valence-electron chi connectivity index (χ0n) is 51.1. The van der Waals surface area contributed by atoms with Crippen LogP contribution in [0.25, 0.3) is 98.4 Å². The predicted octanol–water partition coefficient (Wildman–Crippen LogP) is 24.6. The van der Waals surface area contributed by atoms with Crippen LogP contribution in [-0.4, -0.2) is 8.80 Å². The van der Waals surface area contributed by atoms with Crippen LogP contribution in [0.1, 0.15) is 138 Å². The summed E-state index contributed by atoms with van der Waals surface area (Å²) in [4.78, 5) is 5.17. The van der Waals surface area contributed by atoms with Gasteiger partial charge in [0.2, 0.25) is 0 Å². The van der Waals surface area contributed by atoms with E-state index < -0.39 is 0 Å². The molecule has 2 saturated carbocycles. The molecule has 2 aliphatic carbocycles. The SMILES string of the molecule is CC(C)c1ccc(N(c2ccc(C3CCCCC3)cc2)c2ccc3c4cc5c(cc4n4c6ccccc6c2c34)c2ccc(N(c3ccc(C4CCCCC4)cc3)c3ccc(C(C)C)cc3-c3ccccc3)c3c4ccccc4n5c23)c(-c2ccccc2)c1. The number of nitrogens with zero attached hydrogens (tertiary/aromatic N) is 4. The Balaban J connectivity index is 0.903. The van der Waals surface area contributed by atoms with E-state index in [1.807, 2.05) is 0 Å². The van der Waals surface area contributed by atoms with E-state index in [2.05, 4.69) is 277 Å². The van der Waals surface area contributed by atoms with Crippen molar-refractivity contribution in [2.45, 2.75) is 116 Å². The Morgan fingerprint density at radius 1 is 0.318 bits per heavy atom. The lowest BCUT2D eigenvalue weighted by Crippen LogP contribution is -2.12. The minimum Gasteiger partial charge on any atom is -0.309 e. The number of para-hydroxylation sites is 2. The van der Waals surface area contributed by atoms with Crippen LogP contribution in [-0.2, 0) is 0 Å². The summed E-state index contributed by atoms with van der Waals surface area (Å²) < 4.78 is 5.21. The largest absolute Gasteiger partial charge is 0.309 e. The molecule has 4 heteroatoms. The molecule has 88 heavy (non-hydrogen) atoms. The molecule has 4 aromatic heterocycles. The third-order valence-electron chi connectivity index (χ3n) is 20.7. The summed E-state index contributed by atoms with van der Waals surface area (Å²) in [6.07, 6.45) is 13.1. The fourth-order valence-corrected chi connectivity index (χ4v) is 16.2. The van der Waals surface area contributed by atoms with Gasteiger partial charge in [0.15, 0.2) is 0 Å². The van der Waals surface area contributed by atoms with Crippen molar-refractivity contribution in [1.29, 1.82) is 0 Å². The van der Waals surface area contributed by atoms with Crippen molar-refractivity contribution in [3.8, 4) is 22.3 Å².